The lowest BCUT2D eigenvalue weighted by molar-refractivity contribution is 0.0987. The maximum absolute atomic E-state index is 13.2. The number of hydrogen-bond donors (Lipinski definition) is 1. The number of carbonyl (C=O) groups excluding carboxylic acids is 1. The van der Waals surface area contributed by atoms with Crippen LogP contribution in [0.5, 0.6) is 0 Å². The topological polar surface area (TPSA) is 32.3 Å². The summed E-state index contributed by atoms with van der Waals surface area (Å²) < 4.78 is 13.2. The van der Waals surface area contributed by atoms with Gasteiger partial charge in [-0.1, -0.05) is 23.7 Å². The fourth-order valence-corrected chi connectivity index (χ4v) is 2.62. The van der Waals surface area contributed by atoms with Crippen molar-refractivity contribution >= 4 is 28.9 Å². The van der Waals surface area contributed by atoms with Crippen LogP contribution >= 0.6 is 11.6 Å². The molecule has 21 heavy (non-hydrogen) atoms. The maximum Gasteiger partial charge on any atom is 0.258 e. The van der Waals surface area contributed by atoms with Crippen LogP contribution < -0.4 is 10.2 Å². The van der Waals surface area contributed by atoms with Crippen LogP contribution in [0.1, 0.15) is 16.8 Å². The Morgan fingerprint density at radius 3 is 2.86 bits per heavy atom. The van der Waals surface area contributed by atoms with Gasteiger partial charge in [-0.15, -0.1) is 0 Å². The number of halogens is 2. The summed E-state index contributed by atoms with van der Waals surface area (Å²) in [6.07, 6.45) is 0.843. The summed E-state index contributed by atoms with van der Waals surface area (Å²) in [7, 11) is 0. The van der Waals surface area contributed by atoms with E-state index in [0.717, 1.165) is 24.3 Å². The van der Waals surface area contributed by atoms with Crippen molar-refractivity contribution in [3.63, 3.8) is 0 Å². The van der Waals surface area contributed by atoms with E-state index in [2.05, 4.69) is 5.32 Å². The van der Waals surface area contributed by atoms with E-state index in [4.69, 9.17) is 11.6 Å². The van der Waals surface area contributed by atoms with Crippen molar-refractivity contribution in [2.45, 2.75) is 6.42 Å². The summed E-state index contributed by atoms with van der Waals surface area (Å²) >= 11 is 5.77. The van der Waals surface area contributed by atoms with E-state index in [-0.39, 0.29) is 10.9 Å². The number of benzene rings is 2. The van der Waals surface area contributed by atoms with Gasteiger partial charge in [0.25, 0.3) is 5.91 Å². The normalized spacial score (nSPS) is 14.1. The fraction of sp³-hybridized carbons (Fsp3) is 0.188. The second kappa shape index (κ2) is 5.74. The van der Waals surface area contributed by atoms with Crippen LogP contribution in [0, 0.1) is 5.82 Å². The Morgan fingerprint density at radius 2 is 2.05 bits per heavy atom. The Bertz CT molecular complexity index is 690. The molecule has 1 aliphatic rings. The highest BCUT2D eigenvalue weighted by Crippen LogP contribution is 2.29. The standard InChI is InChI=1S/C16H14ClFN2O/c17-12-10-11(6-7-13(12)18)16(21)20-9-3-8-19-14-4-1-2-5-15(14)20/h1-2,4-7,10,19H,3,8-9H2. The smallest absolute Gasteiger partial charge is 0.258 e. The van der Waals surface area contributed by atoms with Crippen molar-refractivity contribution in [3.05, 3.63) is 58.9 Å². The summed E-state index contributed by atoms with van der Waals surface area (Å²) in [6, 6.07) is 11.7. The lowest BCUT2D eigenvalue weighted by Crippen LogP contribution is -2.31. The third kappa shape index (κ3) is 2.72. The molecular weight excluding hydrogens is 291 g/mol. The molecule has 0 fully saturated rings. The highest BCUT2D eigenvalue weighted by atomic mass is 35.5. The first kappa shape index (κ1) is 13.9. The minimum atomic E-state index is -0.522. The van der Waals surface area contributed by atoms with Gasteiger partial charge in [0.2, 0.25) is 0 Å². The number of anilines is 2. The van der Waals surface area contributed by atoms with Gasteiger partial charge >= 0.3 is 0 Å². The number of para-hydroxylation sites is 2. The average Bonchev–Trinajstić information content (AvgIpc) is 2.71. The number of nitrogens with zero attached hydrogens (tertiary/aromatic N) is 1. The highest BCUT2D eigenvalue weighted by Gasteiger charge is 2.22. The van der Waals surface area contributed by atoms with Crippen molar-refractivity contribution in [1.29, 1.82) is 0 Å². The number of hydrogen-bond acceptors (Lipinski definition) is 2. The largest absolute Gasteiger partial charge is 0.383 e. The molecule has 2 aromatic carbocycles. The van der Waals surface area contributed by atoms with Gasteiger partial charge in [0, 0.05) is 18.7 Å². The molecule has 1 amide bonds. The molecular formula is C16H14ClFN2O. The molecule has 0 saturated heterocycles. The van der Waals surface area contributed by atoms with Crippen LogP contribution in [0.15, 0.2) is 42.5 Å². The van der Waals surface area contributed by atoms with Crippen LogP contribution in [0.2, 0.25) is 5.02 Å². The summed E-state index contributed by atoms with van der Waals surface area (Å²) in [4.78, 5) is 14.4. The Labute approximate surface area is 127 Å². The molecule has 108 valence electrons. The first-order chi connectivity index (χ1) is 10.2. The first-order valence-corrected chi connectivity index (χ1v) is 7.14. The van der Waals surface area contributed by atoms with Crippen LogP contribution in [-0.2, 0) is 0 Å². The summed E-state index contributed by atoms with van der Waals surface area (Å²) in [6.45, 7) is 1.42. The number of rotatable bonds is 1. The predicted octanol–water partition coefficient (Wildman–Crippen LogP) is 3.94. The number of amides is 1. The zero-order chi connectivity index (χ0) is 14.8. The van der Waals surface area contributed by atoms with Gasteiger partial charge in [0.05, 0.1) is 16.4 Å². The van der Waals surface area contributed by atoms with Gasteiger partial charge in [-0.3, -0.25) is 4.79 Å². The SMILES string of the molecule is O=C(c1ccc(F)c(Cl)c1)N1CCCNc2ccccc21. The van der Waals surface area contributed by atoms with Gasteiger partial charge in [-0.2, -0.15) is 0 Å². The molecule has 3 nitrogen and oxygen atoms in total. The molecule has 0 unspecified atom stereocenters. The van der Waals surface area contributed by atoms with E-state index in [1.807, 2.05) is 24.3 Å². The fourth-order valence-electron chi connectivity index (χ4n) is 2.44. The van der Waals surface area contributed by atoms with E-state index in [9.17, 15) is 9.18 Å². The molecule has 0 radical (unpaired) electrons. The number of nitrogens with one attached hydrogen (secondary N) is 1. The molecule has 0 spiro atoms. The Balaban J connectivity index is 1.99. The predicted molar refractivity (Wildman–Crippen MR) is 82.6 cm³/mol. The lowest BCUT2D eigenvalue weighted by atomic mass is 10.1. The highest BCUT2D eigenvalue weighted by molar-refractivity contribution is 6.31. The van der Waals surface area contributed by atoms with Gasteiger partial charge in [-0.05, 0) is 36.8 Å². The van der Waals surface area contributed by atoms with Crippen molar-refractivity contribution in [3.8, 4) is 0 Å². The van der Waals surface area contributed by atoms with Gasteiger partial charge in [0.1, 0.15) is 5.82 Å². The second-order valence-electron chi connectivity index (χ2n) is 4.88. The molecule has 0 saturated carbocycles. The molecule has 3 rings (SSSR count). The van der Waals surface area contributed by atoms with Gasteiger partial charge < -0.3 is 10.2 Å². The Hall–Kier alpha value is -2.07. The number of carbonyl (C=O) groups is 1. The van der Waals surface area contributed by atoms with E-state index in [1.165, 1.54) is 18.2 Å². The zero-order valence-electron chi connectivity index (χ0n) is 11.3. The first-order valence-electron chi connectivity index (χ1n) is 6.76. The Kier molecular flexibility index (Phi) is 3.80. The lowest BCUT2D eigenvalue weighted by Gasteiger charge is -2.22. The van der Waals surface area contributed by atoms with E-state index < -0.39 is 5.82 Å². The Morgan fingerprint density at radius 1 is 1.24 bits per heavy atom. The van der Waals surface area contributed by atoms with Crippen molar-refractivity contribution < 1.29 is 9.18 Å². The monoisotopic (exact) mass is 304 g/mol. The average molecular weight is 305 g/mol. The summed E-state index contributed by atoms with van der Waals surface area (Å²) in [5.41, 5.74) is 2.15. The second-order valence-corrected chi connectivity index (χ2v) is 5.29. The van der Waals surface area contributed by atoms with Crippen LogP contribution in [0.4, 0.5) is 15.8 Å². The summed E-state index contributed by atoms with van der Waals surface area (Å²) in [5, 5.41) is 3.26. The van der Waals surface area contributed by atoms with Gasteiger partial charge in [0.15, 0.2) is 0 Å². The van der Waals surface area contributed by atoms with Crippen molar-refractivity contribution in [1.82, 2.24) is 0 Å². The minimum Gasteiger partial charge on any atom is -0.383 e. The van der Waals surface area contributed by atoms with Crippen LogP contribution in [-0.4, -0.2) is 19.0 Å². The third-order valence-electron chi connectivity index (χ3n) is 3.48. The molecule has 0 bridgehead atoms. The molecule has 0 aliphatic carbocycles. The zero-order valence-corrected chi connectivity index (χ0v) is 12.0. The maximum atomic E-state index is 13.2. The third-order valence-corrected chi connectivity index (χ3v) is 3.77. The number of fused-ring (bicyclic) bond motifs is 1. The van der Waals surface area contributed by atoms with Gasteiger partial charge in [-0.25, -0.2) is 4.39 Å². The molecule has 2 aromatic rings. The van der Waals surface area contributed by atoms with E-state index >= 15 is 0 Å². The van der Waals surface area contributed by atoms with E-state index in [0.29, 0.717) is 12.1 Å². The molecule has 1 N–H and O–H groups in total. The van der Waals surface area contributed by atoms with Crippen LogP contribution in [0.25, 0.3) is 0 Å². The molecule has 1 heterocycles. The molecule has 0 aromatic heterocycles. The molecule has 5 heteroatoms. The summed E-state index contributed by atoms with van der Waals surface area (Å²) in [5.74, 6) is -0.695. The van der Waals surface area contributed by atoms with Crippen molar-refractivity contribution in [2.24, 2.45) is 0 Å². The quantitative estimate of drug-likeness (QED) is 0.865. The minimum absolute atomic E-state index is 0.0397. The molecule has 0 atom stereocenters. The van der Waals surface area contributed by atoms with Crippen molar-refractivity contribution in [2.75, 3.05) is 23.3 Å². The van der Waals surface area contributed by atoms with E-state index in [1.54, 1.807) is 4.90 Å². The van der Waals surface area contributed by atoms with Crippen LogP contribution in [0.3, 0.4) is 0 Å². The molecule has 1 aliphatic heterocycles.